The van der Waals surface area contributed by atoms with Crippen molar-refractivity contribution in [1.29, 1.82) is 0 Å². The van der Waals surface area contributed by atoms with Crippen LogP contribution in [0.5, 0.6) is 0 Å². The minimum atomic E-state index is -0.429. The maximum absolute atomic E-state index is 13.0. The van der Waals surface area contributed by atoms with E-state index in [1.54, 1.807) is 23.1 Å². The largest absolute Gasteiger partial charge is 0.340 e. The Balaban J connectivity index is 1.30. The highest BCUT2D eigenvalue weighted by molar-refractivity contribution is 8.18. The smallest absolute Gasteiger partial charge is 0.294 e. The van der Waals surface area contributed by atoms with Crippen LogP contribution in [0.2, 0.25) is 0 Å². The molecular weight excluding hydrogens is 414 g/mol. The third-order valence-electron chi connectivity index (χ3n) is 6.10. The van der Waals surface area contributed by atoms with Gasteiger partial charge in [-0.25, -0.2) is 0 Å². The van der Waals surface area contributed by atoms with Gasteiger partial charge in [0.1, 0.15) is 6.54 Å². The molecule has 0 N–H and O–H groups in total. The number of hydrogen-bond donors (Lipinski definition) is 0. The number of fused-ring (bicyclic) bond motifs is 4. The number of imide groups is 1. The molecule has 0 aliphatic carbocycles. The fraction of sp³-hybridized carbons (Fsp3) is 0.304. The summed E-state index contributed by atoms with van der Waals surface area (Å²) < 4.78 is 1.81. The summed E-state index contributed by atoms with van der Waals surface area (Å²) >= 11 is 0.864. The number of thioether (sulfide) groups is 1. The number of carbonyl (C=O) groups is 3. The van der Waals surface area contributed by atoms with Crippen LogP contribution in [0.15, 0.2) is 58.2 Å². The van der Waals surface area contributed by atoms with Crippen molar-refractivity contribution < 1.29 is 14.4 Å². The van der Waals surface area contributed by atoms with Crippen molar-refractivity contribution in [3.63, 3.8) is 0 Å². The van der Waals surface area contributed by atoms with Gasteiger partial charge in [0.05, 0.1) is 4.91 Å². The van der Waals surface area contributed by atoms with E-state index in [1.165, 1.54) is 0 Å². The molecule has 158 valence electrons. The Bertz CT molecular complexity index is 1160. The number of aromatic nitrogens is 1. The van der Waals surface area contributed by atoms with Gasteiger partial charge in [-0.15, -0.1) is 0 Å². The Kier molecular flexibility index (Phi) is 5.02. The van der Waals surface area contributed by atoms with Crippen molar-refractivity contribution in [2.24, 2.45) is 5.92 Å². The molecule has 3 aliphatic heterocycles. The number of hydrogen-bond acceptors (Lipinski definition) is 5. The molecule has 2 bridgehead atoms. The van der Waals surface area contributed by atoms with Crippen molar-refractivity contribution in [3.05, 3.63) is 75.0 Å². The van der Waals surface area contributed by atoms with Crippen molar-refractivity contribution >= 4 is 34.9 Å². The Morgan fingerprint density at radius 3 is 2.61 bits per heavy atom. The lowest BCUT2D eigenvalue weighted by atomic mass is 9.83. The highest BCUT2D eigenvalue weighted by Crippen LogP contribution is 2.36. The average molecular weight is 436 g/mol. The molecular formula is C23H21N3O4S. The van der Waals surface area contributed by atoms with E-state index < -0.39 is 11.1 Å². The van der Waals surface area contributed by atoms with Crippen LogP contribution in [0.25, 0.3) is 6.08 Å². The summed E-state index contributed by atoms with van der Waals surface area (Å²) in [4.78, 5) is 53.4. The van der Waals surface area contributed by atoms with Crippen molar-refractivity contribution in [3.8, 4) is 0 Å². The Hall–Kier alpha value is -3.13. The van der Waals surface area contributed by atoms with Crippen molar-refractivity contribution in [2.45, 2.75) is 18.9 Å². The van der Waals surface area contributed by atoms with Crippen LogP contribution in [0.1, 0.15) is 23.6 Å². The zero-order valence-electron chi connectivity index (χ0n) is 16.8. The van der Waals surface area contributed by atoms with Crippen LogP contribution < -0.4 is 5.56 Å². The number of likely N-dealkylation sites (tertiary alicyclic amines) is 1. The molecule has 2 fully saturated rings. The van der Waals surface area contributed by atoms with Gasteiger partial charge in [0, 0.05) is 37.3 Å². The number of piperidine rings is 1. The second-order valence-corrected chi connectivity index (χ2v) is 9.17. The van der Waals surface area contributed by atoms with E-state index in [0.717, 1.165) is 34.3 Å². The minimum Gasteiger partial charge on any atom is -0.340 e. The summed E-state index contributed by atoms with van der Waals surface area (Å²) in [5, 5.41) is -0.422. The van der Waals surface area contributed by atoms with Gasteiger partial charge in [0.25, 0.3) is 16.7 Å². The van der Waals surface area contributed by atoms with Gasteiger partial charge >= 0.3 is 0 Å². The Labute approximate surface area is 183 Å². The van der Waals surface area contributed by atoms with Crippen LogP contribution in [-0.2, 0) is 16.1 Å². The zero-order valence-corrected chi connectivity index (χ0v) is 17.6. The van der Waals surface area contributed by atoms with Crippen LogP contribution in [0.3, 0.4) is 0 Å². The predicted octanol–water partition coefficient (Wildman–Crippen LogP) is 2.53. The molecule has 0 spiro atoms. The van der Waals surface area contributed by atoms with Crippen LogP contribution in [-0.4, -0.2) is 51.1 Å². The molecule has 2 atom stereocenters. The van der Waals surface area contributed by atoms with E-state index in [9.17, 15) is 19.2 Å². The lowest BCUT2D eigenvalue weighted by molar-refractivity contribution is -0.138. The Morgan fingerprint density at radius 2 is 1.81 bits per heavy atom. The van der Waals surface area contributed by atoms with Crippen LogP contribution in [0.4, 0.5) is 4.79 Å². The average Bonchev–Trinajstić information content (AvgIpc) is 3.02. The molecule has 1 aromatic heterocycles. The number of nitrogens with zero attached hydrogens (tertiary/aromatic N) is 3. The van der Waals surface area contributed by atoms with Gasteiger partial charge in [0.15, 0.2) is 0 Å². The van der Waals surface area contributed by atoms with Gasteiger partial charge in [-0.3, -0.25) is 24.1 Å². The van der Waals surface area contributed by atoms with Gasteiger partial charge in [0.2, 0.25) is 5.91 Å². The highest BCUT2D eigenvalue weighted by Gasteiger charge is 2.40. The molecule has 3 amide bonds. The fourth-order valence-electron chi connectivity index (χ4n) is 4.67. The second-order valence-electron chi connectivity index (χ2n) is 8.18. The normalized spacial score (nSPS) is 23.9. The lowest BCUT2D eigenvalue weighted by Crippen LogP contribution is -2.51. The number of rotatable bonds is 3. The first-order valence-corrected chi connectivity index (χ1v) is 11.1. The lowest BCUT2D eigenvalue weighted by Gasteiger charge is -2.43. The van der Waals surface area contributed by atoms with Crippen LogP contribution >= 0.6 is 11.8 Å². The van der Waals surface area contributed by atoms with Crippen molar-refractivity contribution in [1.82, 2.24) is 14.4 Å². The Morgan fingerprint density at radius 1 is 1.00 bits per heavy atom. The van der Waals surface area contributed by atoms with E-state index in [1.807, 2.05) is 41.0 Å². The molecule has 0 saturated carbocycles. The SMILES string of the molecule is O=C(CN1C(=O)S/C(=C/c2ccccc2)C1=O)N1CC2CC(C1)c1cccc(=O)n1C2. The maximum Gasteiger partial charge on any atom is 0.294 e. The first-order valence-electron chi connectivity index (χ1n) is 10.3. The number of carbonyl (C=O) groups excluding carboxylic acids is 3. The summed E-state index contributed by atoms with van der Waals surface area (Å²) in [7, 11) is 0. The molecule has 2 unspecified atom stereocenters. The third-order valence-corrected chi connectivity index (χ3v) is 7.00. The molecule has 7 nitrogen and oxygen atoms in total. The van der Waals surface area contributed by atoms with E-state index in [2.05, 4.69) is 0 Å². The molecule has 8 heteroatoms. The molecule has 4 heterocycles. The molecule has 1 aromatic carbocycles. The summed E-state index contributed by atoms with van der Waals surface area (Å²) in [6.07, 6.45) is 2.62. The quantitative estimate of drug-likeness (QED) is 0.693. The van der Waals surface area contributed by atoms with Crippen molar-refractivity contribution in [2.75, 3.05) is 19.6 Å². The summed E-state index contributed by atoms with van der Waals surface area (Å²) in [5.41, 5.74) is 1.78. The van der Waals surface area contributed by atoms with E-state index in [4.69, 9.17) is 0 Å². The standard InChI is InChI=1S/C23H21N3O4S/c27-20-8-4-7-18-17-9-16(12-25(18)20)11-24(13-17)21(28)14-26-22(29)19(31-23(26)30)10-15-5-2-1-3-6-15/h1-8,10,16-17H,9,11-14H2/b19-10+. The molecule has 31 heavy (non-hydrogen) atoms. The highest BCUT2D eigenvalue weighted by atomic mass is 32.2. The first kappa shape index (κ1) is 19.8. The van der Waals surface area contributed by atoms with Gasteiger partial charge in [-0.05, 0) is 41.8 Å². The minimum absolute atomic E-state index is 0.00464. The number of amides is 3. The molecule has 2 aromatic rings. The van der Waals surface area contributed by atoms with E-state index in [0.29, 0.717) is 24.5 Å². The monoisotopic (exact) mass is 435 g/mol. The zero-order chi connectivity index (χ0) is 21.5. The third kappa shape index (κ3) is 3.72. The summed E-state index contributed by atoms with van der Waals surface area (Å²) in [6.45, 7) is 1.37. The predicted molar refractivity (Wildman–Crippen MR) is 117 cm³/mol. The molecule has 2 saturated heterocycles. The first-order chi connectivity index (χ1) is 15.0. The maximum atomic E-state index is 13.0. The molecule has 3 aliphatic rings. The van der Waals surface area contributed by atoms with E-state index in [-0.39, 0.29) is 29.8 Å². The van der Waals surface area contributed by atoms with E-state index >= 15 is 0 Å². The second kappa shape index (κ2) is 7.85. The topological polar surface area (TPSA) is 79.7 Å². The summed E-state index contributed by atoms with van der Waals surface area (Å²) in [5.74, 6) is -0.368. The molecule has 5 rings (SSSR count). The van der Waals surface area contributed by atoms with Gasteiger partial charge in [-0.1, -0.05) is 36.4 Å². The van der Waals surface area contributed by atoms with Crippen LogP contribution in [0, 0.1) is 5.92 Å². The van der Waals surface area contributed by atoms with Gasteiger partial charge < -0.3 is 9.47 Å². The molecule has 0 radical (unpaired) electrons. The fourth-order valence-corrected chi connectivity index (χ4v) is 5.51. The number of benzene rings is 1. The summed E-state index contributed by atoms with van der Waals surface area (Å²) in [6, 6.07) is 14.6. The van der Waals surface area contributed by atoms with Gasteiger partial charge in [-0.2, -0.15) is 0 Å². The number of pyridine rings is 1.